The van der Waals surface area contributed by atoms with Crippen LogP contribution in [-0.2, 0) is 19.9 Å². The zero-order valence-corrected chi connectivity index (χ0v) is 16.6. The molecule has 0 saturated carbocycles. The Kier molecular flexibility index (Phi) is 4.35. The summed E-state index contributed by atoms with van der Waals surface area (Å²) in [5.74, 6) is 0. The van der Waals surface area contributed by atoms with E-state index in [0.717, 1.165) is 18.5 Å². The van der Waals surface area contributed by atoms with Gasteiger partial charge in [-0.05, 0) is 54.7 Å². The van der Waals surface area contributed by atoms with E-state index in [1.807, 2.05) is 12.3 Å². The lowest BCUT2D eigenvalue weighted by Gasteiger charge is -2.16. The fourth-order valence-corrected chi connectivity index (χ4v) is 4.38. The van der Waals surface area contributed by atoms with E-state index in [1.165, 1.54) is 49.6 Å². The van der Waals surface area contributed by atoms with E-state index in [1.54, 1.807) is 0 Å². The Morgan fingerprint density at radius 1 is 1.04 bits per heavy atom. The first-order chi connectivity index (χ1) is 13.1. The molecule has 2 aromatic heterocycles. The second kappa shape index (κ2) is 6.70. The molecule has 2 nitrogen and oxygen atoms in total. The fourth-order valence-electron chi connectivity index (χ4n) is 4.38. The smallest absolute Gasteiger partial charge is 0.0951 e. The molecule has 0 aliphatic rings. The van der Waals surface area contributed by atoms with Crippen LogP contribution in [0, 0.1) is 6.92 Å². The van der Waals surface area contributed by atoms with Crippen LogP contribution in [0.25, 0.3) is 39.1 Å². The zero-order chi connectivity index (χ0) is 19.1. The standard InChI is InChI=1S/C25H26N2/c1-6-17-10-11-20(19(8-3)18(17)7-2)24-25-21(13-14-26-24)22-15-16(4)9-12-23(22)27(25)5/h8-15H,3,6-7H2,1-2,4-5H3. The summed E-state index contributed by atoms with van der Waals surface area (Å²) in [5, 5.41) is 2.55. The maximum absolute atomic E-state index is 4.83. The Labute approximate surface area is 161 Å². The van der Waals surface area contributed by atoms with Crippen LogP contribution >= 0.6 is 0 Å². The summed E-state index contributed by atoms with van der Waals surface area (Å²) in [5.41, 5.74) is 9.93. The van der Waals surface area contributed by atoms with E-state index in [9.17, 15) is 0 Å². The molecule has 0 amide bonds. The van der Waals surface area contributed by atoms with Crippen molar-refractivity contribution in [1.82, 2.24) is 9.55 Å². The average molecular weight is 354 g/mol. The predicted molar refractivity (Wildman–Crippen MR) is 117 cm³/mol. The number of fused-ring (bicyclic) bond motifs is 3. The summed E-state index contributed by atoms with van der Waals surface area (Å²) >= 11 is 0. The molecule has 0 N–H and O–H groups in total. The molecule has 0 bridgehead atoms. The van der Waals surface area contributed by atoms with Crippen LogP contribution in [0.3, 0.4) is 0 Å². The van der Waals surface area contributed by atoms with Gasteiger partial charge in [-0.15, -0.1) is 0 Å². The fraction of sp³-hybridized carbons (Fsp3) is 0.240. The first-order valence-electron chi connectivity index (χ1n) is 9.72. The van der Waals surface area contributed by atoms with Crippen LogP contribution < -0.4 is 0 Å². The van der Waals surface area contributed by atoms with E-state index >= 15 is 0 Å². The van der Waals surface area contributed by atoms with Gasteiger partial charge in [0.1, 0.15) is 0 Å². The van der Waals surface area contributed by atoms with Crippen molar-refractivity contribution >= 4 is 27.9 Å². The summed E-state index contributed by atoms with van der Waals surface area (Å²) in [4.78, 5) is 4.83. The lowest BCUT2D eigenvalue weighted by Crippen LogP contribution is -2.00. The van der Waals surface area contributed by atoms with Crippen LogP contribution in [0.5, 0.6) is 0 Å². The van der Waals surface area contributed by atoms with Crippen molar-refractivity contribution in [2.75, 3.05) is 0 Å². The maximum atomic E-state index is 4.83. The van der Waals surface area contributed by atoms with Crippen molar-refractivity contribution in [2.45, 2.75) is 33.6 Å². The second-order valence-corrected chi connectivity index (χ2v) is 7.21. The van der Waals surface area contributed by atoms with Crippen molar-refractivity contribution in [3.05, 3.63) is 71.4 Å². The molecule has 0 saturated heterocycles. The highest BCUT2D eigenvalue weighted by Crippen LogP contribution is 2.37. The molecule has 0 aliphatic heterocycles. The van der Waals surface area contributed by atoms with Gasteiger partial charge < -0.3 is 4.57 Å². The second-order valence-electron chi connectivity index (χ2n) is 7.21. The van der Waals surface area contributed by atoms with Gasteiger partial charge in [0.2, 0.25) is 0 Å². The van der Waals surface area contributed by atoms with Gasteiger partial charge in [0.15, 0.2) is 0 Å². The number of aromatic nitrogens is 2. The normalized spacial score (nSPS) is 11.4. The molecule has 0 aliphatic carbocycles. The Hall–Kier alpha value is -2.87. The van der Waals surface area contributed by atoms with Gasteiger partial charge in [0.25, 0.3) is 0 Å². The van der Waals surface area contributed by atoms with Crippen molar-refractivity contribution in [2.24, 2.45) is 7.05 Å². The highest BCUT2D eigenvalue weighted by Gasteiger charge is 2.18. The molecule has 4 rings (SSSR count). The largest absolute Gasteiger partial charge is 0.342 e. The minimum atomic E-state index is 1.00. The van der Waals surface area contributed by atoms with Gasteiger partial charge in [-0.2, -0.15) is 0 Å². The lowest BCUT2D eigenvalue weighted by molar-refractivity contribution is 1.01. The van der Waals surface area contributed by atoms with Crippen LogP contribution in [-0.4, -0.2) is 9.55 Å². The summed E-state index contributed by atoms with van der Waals surface area (Å²) < 4.78 is 2.28. The number of aryl methyl sites for hydroxylation is 3. The van der Waals surface area contributed by atoms with Gasteiger partial charge in [0.05, 0.1) is 11.2 Å². The number of benzene rings is 2. The van der Waals surface area contributed by atoms with Gasteiger partial charge in [-0.25, -0.2) is 0 Å². The molecule has 0 spiro atoms. The molecular weight excluding hydrogens is 328 g/mol. The monoisotopic (exact) mass is 354 g/mol. The van der Waals surface area contributed by atoms with Crippen LogP contribution in [0.4, 0.5) is 0 Å². The van der Waals surface area contributed by atoms with E-state index < -0.39 is 0 Å². The van der Waals surface area contributed by atoms with Crippen LogP contribution in [0.2, 0.25) is 0 Å². The Bertz CT molecular complexity index is 1180. The van der Waals surface area contributed by atoms with Crippen molar-refractivity contribution in [1.29, 1.82) is 0 Å². The first-order valence-corrected chi connectivity index (χ1v) is 9.72. The Morgan fingerprint density at radius 2 is 1.85 bits per heavy atom. The molecule has 2 heteroatoms. The van der Waals surface area contributed by atoms with Gasteiger partial charge in [-0.1, -0.05) is 50.3 Å². The first kappa shape index (κ1) is 17.5. The number of hydrogen-bond acceptors (Lipinski definition) is 1. The molecular formula is C25H26N2. The molecule has 4 aromatic rings. The Balaban J connectivity index is 2.12. The number of nitrogens with zero attached hydrogens (tertiary/aromatic N) is 2. The zero-order valence-electron chi connectivity index (χ0n) is 16.6. The number of pyridine rings is 1. The van der Waals surface area contributed by atoms with Gasteiger partial charge >= 0.3 is 0 Å². The molecule has 136 valence electrons. The van der Waals surface area contributed by atoms with Gasteiger partial charge in [0, 0.05) is 35.1 Å². The molecule has 2 heterocycles. The molecule has 0 fully saturated rings. The van der Waals surface area contributed by atoms with E-state index in [4.69, 9.17) is 4.98 Å². The molecule has 0 atom stereocenters. The third kappa shape index (κ3) is 2.59. The summed E-state index contributed by atoms with van der Waals surface area (Å²) in [6.07, 6.45) is 5.98. The molecule has 27 heavy (non-hydrogen) atoms. The predicted octanol–water partition coefficient (Wildman–Crippen LogP) is 6.47. The van der Waals surface area contributed by atoms with Crippen molar-refractivity contribution < 1.29 is 0 Å². The third-order valence-electron chi connectivity index (χ3n) is 5.71. The van der Waals surface area contributed by atoms with Crippen molar-refractivity contribution in [3.8, 4) is 11.3 Å². The van der Waals surface area contributed by atoms with E-state index in [-0.39, 0.29) is 0 Å². The average Bonchev–Trinajstić information content (AvgIpc) is 2.98. The minimum absolute atomic E-state index is 1.00. The third-order valence-corrected chi connectivity index (χ3v) is 5.71. The summed E-state index contributed by atoms with van der Waals surface area (Å²) in [6.45, 7) is 10.7. The summed E-state index contributed by atoms with van der Waals surface area (Å²) in [7, 11) is 2.14. The van der Waals surface area contributed by atoms with Crippen molar-refractivity contribution in [3.63, 3.8) is 0 Å². The minimum Gasteiger partial charge on any atom is -0.342 e. The van der Waals surface area contributed by atoms with Crippen LogP contribution in [0.1, 0.15) is 36.1 Å². The topological polar surface area (TPSA) is 17.8 Å². The number of hydrogen-bond donors (Lipinski definition) is 0. The SMILES string of the molecule is C=Cc1c(-c2nccc3c4cc(C)ccc4n(C)c23)ccc(CC)c1CC. The quantitative estimate of drug-likeness (QED) is 0.411. The van der Waals surface area contributed by atoms with E-state index in [0.29, 0.717) is 0 Å². The molecule has 0 unspecified atom stereocenters. The number of rotatable bonds is 4. The highest BCUT2D eigenvalue weighted by molar-refractivity contribution is 6.12. The maximum Gasteiger partial charge on any atom is 0.0951 e. The Morgan fingerprint density at radius 3 is 2.56 bits per heavy atom. The van der Waals surface area contributed by atoms with Crippen LogP contribution in [0.15, 0.2) is 49.2 Å². The molecule has 0 radical (unpaired) electrons. The molecule has 2 aromatic carbocycles. The van der Waals surface area contributed by atoms with Gasteiger partial charge in [-0.3, -0.25) is 4.98 Å². The lowest BCUT2D eigenvalue weighted by atomic mass is 9.91. The summed E-state index contributed by atoms with van der Waals surface area (Å²) in [6, 6.07) is 13.3. The highest BCUT2D eigenvalue weighted by atomic mass is 15.0. The van der Waals surface area contributed by atoms with E-state index in [2.05, 4.69) is 75.4 Å².